The molecule has 0 spiro atoms. The SMILES string of the molecule is Cc1ccc(C(=O)OCc2ccc(Br)cc2)cc1S(=O)(=O)N1CCOCC1. The van der Waals surface area contributed by atoms with E-state index in [0.29, 0.717) is 31.9 Å². The first-order valence-corrected chi connectivity index (χ1v) is 10.7. The van der Waals surface area contributed by atoms with E-state index in [1.165, 1.54) is 10.4 Å². The summed E-state index contributed by atoms with van der Waals surface area (Å²) in [7, 11) is -3.68. The van der Waals surface area contributed by atoms with Crippen molar-refractivity contribution >= 4 is 31.9 Å². The molecular weight excluding hydrogens is 434 g/mol. The lowest BCUT2D eigenvalue weighted by Crippen LogP contribution is -2.40. The number of ether oxygens (including phenoxy) is 2. The van der Waals surface area contributed by atoms with Crippen LogP contribution in [-0.2, 0) is 26.1 Å². The van der Waals surface area contributed by atoms with Gasteiger partial charge in [0.05, 0.1) is 23.7 Å². The van der Waals surface area contributed by atoms with Crippen molar-refractivity contribution < 1.29 is 22.7 Å². The van der Waals surface area contributed by atoms with Gasteiger partial charge in [-0.15, -0.1) is 0 Å². The molecule has 3 rings (SSSR count). The smallest absolute Gasteiger partial charge is 0.338 e. The van der Waals surface area contributed by atoms with Crippen molar-refractivity contribution in [3.05, 3.63) is 63.6 Å². The fourth-order valence-electron chi connectivity index (χ4n) is 2.74. The summed E-state index contributed by atoms with van der Waals surface area (Å²) in [6.07, 6.45) is 0. The number of hydrogen-bond acceptors (Lipinski definition) is 5. The molecule has 27 heavy (non-hydrogen) atoms. The predicted molar refractivity (Wildman–Crippen MR) is 104 cm³/mol. The van der Waals surface area contributed by atoms with Crippen LogP contribution in [-0.4, -0.2) is 45.0 Å². The molecule has 0 aliphatic carbocycles. The van der Waals surface area contributed by atoms with Crippen molar-refractivity contribution in [3.63, 3.8) is 0 Å². The molecular formula is C19H20BrNO5S. The second-order valence-electron chi connectivity index (χ2n) is 6.20. The van der Waals surface area contributed by atoms with Crippen LogP contribution in [0.4, 0.5) is 0 Å². The third-order valence-corrected chi connectivity index (χ3v) is 6.86. The Morgan fingerprint density at radius 3 is 2.48 bits per heavy atom. The monoisotopic (exact) mass is 453 g/mol. The molecule has 0 unspecified atom stereocenters. The predicted octanol–water partition coefficient (Wildman–Crippen LogP) is 3.14. The van der Waals surface area contributed by atoms with E-state index >= 15 is 0 Å². The zero-order valence-corrected chi connectivity index (χ0v) is 17.3. The first kappa shape index (κ1) is 20.0. The maximum absolute atomic E-state index is 12.9. The molecule has 144 valence electrons. The van der Waals surface area contributed by atoms with Crippen molar-refractivity contribution in [1.82, 2.24) is 4.31 Å². The van der Waals surface area contributed by atoms with E-state index in [1.807, 2.05) is 24.3 Å². The minimum Gasteiger partial charge on any atom is -0.457 e. The molecule has 0 bridgehead atoms. The maximum atomic E-state index is 12.9. The summed E-state index contributed by atoms with van der Waals surface area (Å²) in [6, 6.07) is 12.0. The lowest BCUT2D eigenvalue weighted by Gasteiger charge is -2.26. The number of halogens is 1. The number of morpholine rings is 1. The summed E-state index contributed by atoms with van der Waals surface area (Å²) in [4.78, 5) is 12.5. The van der Waals surface area contributed by atoms with Gasteiger partial charge in [-0.2, -0.15) is 4.31 Å². The Labute approximate surface area is 167 Å². The van der Waals surface area contributed by atoms with Crippen LogP contribution in [0.3, 0.4) is 0 Å². The molecule has 1 saturated heterocycles. The Kier molecular flexibility index (Phi) is 6.31. The highest BCUT2D eigenvalue weighted by Gasteiger charge is 2.28. The Balaban J connectivity index is 1.77. The van der Waals surface area contributed by atoms with Crippen LogP contribution in [0.2, 0.25) is 0 Å². The highest BCUT2D eigenvalue weighted by Crippen LogP contribution is 2.23. The largest absolute Gasteiger partial charge is 0.457 e. The van der Waals surface area contributed by atoms with Crippen LogP contribution in [0.15, 0.2) is 51.8 Å². The molecule has 2 aromatic rings. The number of hydrogen-bond donors (Lipinski definition) is 0. The van der Waals surface area contributed by atoms with Crippen molar-refractivity contribution in [3.8, 4) is 0 Å². The highest BCUT2D eigenvalue weighted by atomic mass is 79.9. The fraction of sp³-hybridized carbons (Fsp3) is 0.316. The van der Waals surface area contributed by atoms with E-state index in [-0.39, 0.29) is 17.1 Å². The quantitative estimate of drug-likeness (QED) is 0.650. The van der Waals surface area contributed by atoms with Gasteiger partial charge in [0.2, 0.25) is 10.0 Å². The number of benzene rings is 2. The van der Waals surface area contributed by atoms with Crippen LogP contribution in [0.1, 0.15) is 21.5 Å². The molecule has 0 saturated carbocycles. The number of rotatable bonds is 5. The van der Waals surface area contributed by atoms with Gasteiger partial charge in [-0.3, -0.25) is 0 Å². The first-order valence-electron chi connectivity index (χ1n) is 8.48. The molecule has 0 atom stereocenters. The van der Waals surface area contributed by atoms with Crippen molar-refractivity contribution in [2.24, 2.45) is 0 Å². The molecule has 1 aliphatic heterocycles. The number of carbonyl (C=O) groups is 1. The van der Waals surface area contributed by atoms with E-state index < -0.39 is 16.0 Å². The van der Waals surface area contributed by atoms with Gasteiger partial charge in [-0.1, -0.05) is 34.1 Å². The first-order chi connectivity index (χ1) is 12.9. The Hall–Kier alpha value is -1.74. The Bertz CT molecular complexity index is 922. The summed E-state index contributed by atoms with van der Waals surface area (Å²) in [5.41, 5.74) is 1.65. The lowest BCUT2D eigenvalue weighted by molar-refractivity contribution is 0.0472. The van der Waals surface area contributed by atoms with Gasteiger partial charge in [0.15, 0.2) is 0 Å². The van der Waals surface area contributed by atoms with Gasteiger partial charge in [0.25, 0.3) is 0 Å². The average Bonchev–Trinajstić information content (AvgIpc) is 2.68. The van der Waals surface area contributed by atoms with Gasteiger partial charge < -0.3 is 9.47 Å². The van der Waals surface area contributed by atoms with Crippen LogP contribution in [0, 0.1) is 6.92 Å². The standard InChI is InChI=1S/C19H20BrNO5S/c1-14-2-5-16(19(22)26-13-15-3-6-17(20)7-4-15)12-18(14)27(23,24)21-8-10-25-11-9-21/h2-7,12H,8-11,13H2,1H3. The second kappa shape index (κ2) is 8.52. The van der Waals surface area contributed by atoms with E-state index in [0.717, 1.165) is 10.0 Å². The van der Waals surface area contributed by atoms with Crippen LogP contribution in [0.25, 0.3) is 0 Å². The topological polar surface area (TPSA) is 72.9 Å². The highest BCUT2D eigenvalue weighted by molar-refractivity contribution is 9.10. The summed E-state index contributed by atoms with van der Waals surface area (Å²) < 4.78 is 38.7. The lowest BCUT2D eigenvalue weighted by atomic mass is 10.1. The van der Waals surface area contributed by atoms with Crippen LogP contribution < -0.4 is 0 Å². The van der Waals surface area contributed by atoms with E-state index in [1.54, 1.807) is 19.1 Å². The summed E-state index contributed by atoms with van der Waals surface area (Å²) in [5, 5.41) is 0. The fourth-order valence-corrected chi connectivity index (χ4v) is 4.67. The van der Waals surface area contributed by atoms with E-state index in [4.69, 9.17) is 9.47 Å². The van der Waals surface area contributed by atoms with Gasteiger partial charge in [-0.05, 0) is 42.3 Å². The number of nitrogens with zero attached hydrogens (tertiary/aromatic N) is 1. The summed E-state index contributed by atoms with van der Waals surface area (Å²) >= 11 is 3.35. The molecule has 8 heteroatoms. The van der Waals surface area contributed by atoms with Gasteiger partial charge in [0.1, 0.15) is 6.61 Å². The second-order valence-corrected chi connectivity index (χ2v) is 9.02. The van der Waals surface area contributed by atoms with Crippen molar-refractivity contribution in [2.75, 3.05) is 26.3 Å². The van der Waals surface area contributed by atoms with Gasteiger partial charge in [-0.25, -0.2) is 13.2 Å². The minimum atomic E-state index is -3.68. The molecule has 1 heterocycles. The van der Waals surface area contributed by atoms with E-state index in [9.17, 15) is 13.2 Å². The minimum absolute atomic E-state index is 0.117. The zero-order chi connectivity index (χ0) is 19.4. The third kappa shape index (κ3) is 4.76. The Morgan fingerprint density at radius 2 is 1.81 bits per heavy atom. The molecule has 0 amide bonds. The molecule has 0 N–H and O–H groups in total. The van der Waals surface area contributed by atoms with E-state index in [2.05, 4.69) is 15.9 Å². The number of sulfonamides is 1. The molecule has 1 aliphatic rings. The zero-order valence-electron chi connectivity index (χ0n) is 14.9. The third-order valence-electron chi connectivity index (χ3n) is 4.29. The molecule has 0 radical (unpaired) electrons. The van der Waals surface area contributed by atoms with Crippen LogP contribution in [0.5, 0.6) is 0 Å². The van der Waals surface area contributed by atoms with Gasteiger partial charge in [0, 0.05) is 17.6 Å². The number of aryl methyl sites for hydroxylation is 1. The van der Waals surface area contributed by atoms with Crippen LogP contribution >= 0.6 is 15.9 Å². The summed E-state index contributed by atoms with van der Waals surface area (Å²) in [6.45, 7) is 3.18. The summed E-state index contributed by atoms with van der Waals surface area (Å²) in [5.74, 6) is -0.559. The number of carbonyl (C=O) groups excluding carboxylic acids is 1. The van der Waals surface area contributed by atoms with Crippen molar-refractivity contribution in [2.45, 2.75) is 18.4 Å². The molecule has 1 fully saturated rings. The maximum Gasteiger partial charge on any atom is 0.338 e. The molecule has 0 aromatic heterocycles. The normalized spacial score (nSPS) is 15.5. The average molecular weight is 454 g/mol. The van der Waals surface area contributed by atoms with Crippen molar-refractivity contribution in [1.29, 1.82) is 0 Å². The molecule has 2 aromatic carbocycles. The molecule has 6 nitrogen and oxygen atoms in total. The number of esters is 1. The van der Waals surface area contributed by atoms with Gasteiger partial charge >= 0.3 is 5.97 Å². The Morgan fingerprint density at radius 1 is 1.15 bits per heavy atom.